The van der Waals surface area contributed by atoms with E-state index in [2.05, 4.69) is 10.6 Å². The van der Waals surface area contributed by atoms with Gasteiger partial charge in [0.15, 0.2) is 0 Å². The molecule has 0 spiro atoms. The lowest BCUT2D eigenvalue weighted by Crippen LogP contribution is -2.42. The van der Waals surface area contributed by atoms with Gasteiger partial charge in [-0.25, -0.2) is 0 Å². The van der Waals surface area contributed by atoms with E-state index >= 15 is 0 Å². The second kappa shape index (κ2) is 9.91. The lowest BCUT2D eigenvalue weighted by Gasteiger charge is -2.31. The van der Waals surface area contributed by atoms with E-state index < -0.39 is 0 Å². The van der Waals surface area contributed by atoms with Crippen molar-refractivity contribution in [2.24, 2.45) is 5.92 Å². The van der Waals surface area contributed by atoms with E-state index in [0.29, 0.717) is 44.5 Å². The number of nitrogens with zero attached hydrogens (tertiary/aromatic N) is 1. The molecule has 2 N–H and O–H groups in total. The van der Waals surface area contributed by atoms with Crippen molar-refractivity contribution >= 4 is 23.4 Å². The highest BCUT2D eigenvalue weighted by molar-refractivity contribution is 5.94. The fraction of sp³-hybridized carbons (Fsp3) is 0.409. The van der Waals surface area contributed by atoms with Crippen molar-refractivity contribution in [3.8, 4) is 0 Å². The third-order valence-corrected chi connectivity index (χ3v) is 5.08. The molecule has 1 fully saturated rings. The number of hydrogen-bond donors (Lipinski definition) is 2. The topological polar surface area (TPSA) is 91.7 Å². The summed E-state index contributed by atoms with van der Waals surface area (Å²) in [5.74, 6) is -0.165. The summed E-state index contributed by atoms with van der Waals surface area (Å²) < 4.78 is 4.97. The van der Waals surface area contributed by atoms with Crippen molar-refractivity contribution in [2.75, 3.05) is 18.4 Å². The average molecular weight is 397 g/mol. The highest BCUT2D eigenvalue weighted by Gasteiger charge is 2.28. The van der Waals surface area contributed by atoms with E-state index in [4.69, 9.17) is 4.42 Å². The molecule has 0 aliphatic carbocycles. The van der Waals surface area contributed by atoms with Crippen LogP contribution in [0.4, 0.5) is 5.69 Å². The lowest BCUT2D eigenvalue weighted by atomic mass is 9.95. The molecule has 0 atom stereocenters. The van der Waals surface area contributed by atoms with E-state index in [-0.39, 0.29) is 23.6 Å². The summed E-state index contributed by atoms with van der Waals surface area (Å²) in [5, 5.41) is 5.84. The highest BCUT2D eigenvalue weighted by Crippen LogP contribution is 2.20. The van der Waals surface area contributed by atoms with Gasteiger partial charge in [-0.15, -0.1) is 0 Å². The molecule has 0 radical (unpaired) electrons. The van der Waals surface area contributed by atoms with Crippen molar-refractivity contribution in [3.63, 3.8) is 0 Å². The van der Waals surface area contributed by atoms with Crippen LogP contribution in [0.3, 0.4) is 0 Å². The molecule has 1 aliphatic heterocycles. The van der Waals surface area contributed by atoms with Crippen molar-refractivity contribution in [1.82, 2.24) is 10.2 Å². The third kappa shape index (κ3) is 5.70. The summed E-state index contributed by atoms with van der Waals surface area (Å²) in [6.45, 7) is 3.48. The van der Waals surface area contributed by atoms with Crippen molar-refractivity contribution in [1.29, 1.82) is 0 Å². The van der Waals surface area contributed by atoms with Crippen LogP contribution >= 0.6 is 0 Å². The minimum Gasteiger partial charge on any atom is -0.472 e. The van der Waals surface area contributed by atoms with Crippen LogP contribution in [0.15, 0.2) is 47.3 Å². The van der Waals surface area contributed by atoms with Gasteiger partial charge < -0.3 is 20.0 Å². The van der Waals surface area contributed by atoms with Crippen LogP contribution in [0.5, 0.6) is 0 Å². The molecule has 0 unspecified atom stereocenters. The van der Waals surface area contributed by atoms with Gasteiger partial charge in [-0.3, -0.25) is 14.4 Å². The zero-order valence-electron chi connectivity index (χ0n) is 16.6. The Kier molecular flexibility index (Phi) is 7.05. The predicted octanol–water partition coefficient (Wildman–Crippen LogP) is 3.19. The largest absolute Gasteiger partial charge is 0.472 e. The predicted molar refractivity (Wildman–Crippen MR) is 109 cm³/mol. The van der Waals surface area contributed by atoms with Crippen LogP contribution in [0.25, 0.3) is 0 Å². The summed E-state index contributed by atoms with van der Waals surface area (Å²) in [5.41, 5.74) is 2.21. The van der Waals surface area contributed by atoms with E-state index in [9.17, 15) is 14.4 Å². The number of nitrogens with one attached hydrogen (secondary N) is 2. The van der Waals surface area contributed by atoms with Gasteiger partial charge in [0.2, 0.25) is 11.8 Å². The SMILES string of the molecule is CCCC(=O)Nc1cccc(CNC(=O)C2CCN(C(=O)c3ccoc3)CC2)c1. The zero-order chi connectivity index (χ0) is 20.6. The van der Waals surface area contributed by atoms with Crippen LogP contribution in [-0.2, 0) is 16.1 Å². The van der Waals surface area contributed by atoms with E-state index in [1.54, 1.807) is 11.0 Å². The molecule has 3 rings (SSSR count). The Hall–Kier alpha value is -3.09. The number of furan rings is 1. The van der Waals surface area contributed by atoms with Crippen LogP contribution in [0.1, 0.15) is 48.5 Å². The maximum Gasteiger partial charge on any atom is 0.257 e. The minimum atomic E-state index is -0.101. The number of amides is 3. The smallest absolute Gasteiger partial charge is 0.257 e. The summed E-state index contributed by atoms with van der Waals surface area (Å²) >= 11 is 0. The fourth-order valence-corrected chi connectivity index (χ4v) is 3.46. The van der Waals surface area contributed by atoms with Gasteiger partial charge in [-0.2, -0.15) is 0 Å². The molecule has 154 valence electrons. The second-order valence-corrected chi connectivity index (χ2v) is 7.29. The number of anilines is 1. The Morgan fingerprint density at radius 2 is 1.97 bits per heavy atom. The van der Waals surface area contributed by atoms with Crippen molar-refractivity contribution < 1.29 is 18.8 Å². The van der Waals surface area contributed by atoms with Crippen LogP contribution in [0, 0.1) is 5.92 Å². The number of hydrogen-bond acceptors (Lipinski definition) is 4. The number of likely N-dealkylation sites (tertiary alicyclic amines) is 1. The van der Waals surface area contributed by atoms with Crippen LogP contribution < -0.4 is 10.6 Å². The van der Waals surface area contributed by atoms with Gasteiger partial charge in [0, 0.05) is 37.7 Å². The van der Waals surface area contributed by atoms with Gasteiger partial charge in [-0.1, -0.05) is 19.1 Å². The van der Waals surface area contributed by atoms with Crippen molar-refractivity contribution in [3.05, 3.63) is 54.0 Å². The second-order valence-electron chi connectivity index (χ2n) is 7.29. The molecule has 7 nitrogen and oxygen atoms in total. The Morgan fingerprint density at radius 1 is 1.17 bits per heavy atom. The van der Waals surface area contributed by atoms with Gasteiger partial charge in [0.25, 0.3) is 5.91 Å². The first-order chi connectivity index (χ1) is 14.1. The Balaban J connectivity index is 1.45. The highest BCUT2D eigenvalue weighted by atomic mass is 16.3. The summed E-state index contributed by atoms with van der Waals surface area (Å²) in [6, 6.07) is 9.15. The Bertz CT molecular complexity index is 840. The van der Waals surface area contributed by atoms with Gasteiger partial charge in [-0.05, 0) is 43.0 Å². The first-order valence-electron chi connectivity index (χ1n) is 10.0. The molecule has 1 aromatic heterocycles. The van der Waals surface area contributed by atoms with E-state index in [1.165, 1.54) is 12.5 Å². The molecule has 1 aromatic carbocycles. The number of benzene rings is 1. The number of piperidine rings is 1. The normalized spacial score (nSPS) is 14.4. The van der Waals surface area contributed by atoms with Crippen LogP contribution in [-0.4, -0.2) is 35.7 Å². The maximum absolute atomic E-state index is 12.5. The monoisotopic (exact) mass is 397 g/mol. The van der Waals surface area contributed by atoms with Gasteiger partial charge >= 0.3 is 0 Å². The molecule has 29 heavy (non-hydrogen) atoms. The minimum absolute atomic E-state index is 0.000770. The molecule has 2 aromatic rings. The van der Waals surface area contributed by atoms with E-state index in [0.717, 1.165) is 17.7 Å². The summed E-state index contributed by atoms with van der Waals surface area (Å²) in [7, 11) is 0. The summed E-state index contributed by atoms with van der Waals surface area (Å²) in [4.78, 5) is 38.4. The van der Waals surface area contributed by atoms with E-state index in [1.807, 2.05) is 31.2 Å². The maximum atomic E-state index is 12.5. The van der Waals surface area contributed by atoms with Gasteiger partial charge in [0.05, 0.1) is 11.8 Å². The molecule has 2 heterocycles. The Morgan fingerprint density at radius 3 is 2.66 bits per heavy atom. The molecular weight excluding hydrogens is 370 g/mol. The van der Waals surface area contributed by atoms with Crippen molar-refractivity contribution in [2.45, 2.75) is 39.2 Å². The molecule has 7 heteroatoms. The number of carbonyl (C=O) groups is 3. The molecule has 1 aliphatic rings. The molecular formula is C22H27N3O4. The van der Waals surface area contributed by atoms with Gasteiger partial charge in [0.1, 0.15) is 6.26 Å². The Labute approximate surface area is 170 Å². The average Bonchev–Trinajstić information content (AvgIpc) is 3.27. The standard InChI is InChI=1S/C22H27N3O4/c1-2-4-20(26)24-19-6-3-5-16(13-19)14-23-21(27)17-7-10-25(11-8-17)22(28)18-9-12-29-15-18/h3,5-6,9,12-13,15,17H,2,4,7-8,10-11,14H2,1H3,(H,23,27)(H,24,26). The lowest BCUT2D eigenvalue weighted by molar-refractivity contribution is -0.126. The third-order valence-electron chi connectivity index (χ3n) is 5.08. The molecule has 1 saturated heterocycles. The first kappa shape index (κ1) is 20.6. The molecule has 0 saturated carbocycles. The quantitative estimate of drug-likeness (QED) is 0.751. The zero-order valence-corrected chi connectivity index (χ0v) is 16.6. The first-order valence-corrected chi connectivity index (χ1v) is 10.0. The summed E-state index contributed by atoms with van der Waals surface area (Å²) in [6.07, 6.45) is 5.50. The number of rotatable bonds is 7. The fourth-order valence-electron chi connectivity index (χ4n) is 3.46. The number of carbonyl (C=O) groups excluding carboxylic acids is 3. The molecule has 3 amide bonds. The van der Waals surface area contributed by atoms with Crippen LogP contribution in [0.2, 0.25) is 0 Å². The molecule has 0 bridgehead atoms.